The van der Waals surface area contributed by atoms with Crippen LogP contribution in [0.1, 0.15) is 45.6 Å². The van der Waals surface area contributed by atoms with Gasteiger partial charge in [0.05, 0.1) is 0 Å². The smallest absolute Gasteiger partial charge is 0.243 e. The molecule has 1 fully saturated rings. The van der Waals surface area contributed by atoms with Crippen LogP contribution < -0.4 is 10.1 Å². The van der Waals surface area contributed by atoms with Gasteiger partial charge >= 0.3 is 0 Å². The highest BCUT2D eigenvalue weighted by Gasteiger charge is 2.35. The summed E-state index contributed by atoms with van der Waals surface area (Å²) in [6, 6.07) is 16.9. The molecule has 1 atom stereocenters. The molecule has 5 heteroatoms. The number of likely N-dealkylation sites (tertiary alicyclic amines) is 1. The summed E-state index contributed by atoms with van der Waals surface area (Å²) in [5.41, 5.74) is 0.911. The maximum atomic E-state index is 12.7. The number of nitrogens with one attached hydrogen (secondary N) is 1. The summed E-state index contributed by atoms with van der Waals surface area (Å²) in [4.78, 5) is 27.0. The van der Waals surface area contributed by atoms with Crippen molar-refractivity contribution in [2.45, 2.75) is 52.6 Å². The van der Waals surface area contributed by atoms with Crippen molar-refractivity contribution in [2.75, 3.05) is 6.54 Å². The number of carbonyl (C=O) groups is 2. The average Bonchev–Trinajstić information content (AvgIpc) is 3.17. The largest absolute Gasteiger partial charge is 0.457 e. The fourth-order valence-corrected chi connectivity index (χ4v) is 3.50. The predicted octanol–water partition coefficient (Wildman–Crippen LogP) is 4.52. The normalized spacial score (nSPS) is 16.5. The average molecular weight is 395 g/mol. The van der Waals surface area contributed by atoms with Crippen LogP contribution in [0.3, 0.4) is 0 Å². The molecule has 2 aromatic rings. The minimum absolute atomic E-state index is 0.0672. The van der Waals surface area contributed by atoms with Gasteiger partial charge < -0.3 is 15.0 Å². The Kier molecular flexibility index (Phi) is 6.57. The van der Waals surface area contributed by atoms with Gasteiger partial charge in [-0.3, -0.25) is 9.59 Å². The summed E-state index contributed by atoms with van der Waals surface area (Å²) in [6.45, 7) is 7.23. The van der Waals surface area contributed by atoms with Crippen LogP contribution in [-0.4, -0.2) is 29.3 Å². The van der Waals surface area contributed by atoms with Crippen LogP contribution in [0.15, 0.2) is 54.6 Å². The lowest BCUT2D eigenvalue weighted by molar-refractivity contribution is -0.139. The highest BCUT2D eigenvalue weighted by molar-refractivity contribution is 5.88. The minimum atomic E-state index is -0.356. The lowest BCUT2D eigenvalue weighted by Crippen LogP contribution is -2.46. The lowest BCUT2D eigenvalue weighted by atomic mass is 9.91. The third-order valence-corrected chi connectivity index (χ3v) is 4.93. The SMILES string of the molecule is CC(C)(C)CC(=O)N1CCCC1C(=O)NCc1ccc(Oc2ccccc2)cc1. The van der Waals surface area contributed by atoms with Gasteiger partial charge in [-0.15, -0.1) is 0 Å². The fraction of sp³-hybridized carbons (Fsp3) is 0.417. The first kappa shape index (κ1) is 20.9. The molecule has 5 nitrogen and oxygen atoms in total. The van der Waals surface area contributed by atoms with E-state index in [-0.39, 0.29) is 23.3 Å². The Hall–Kier alpha value is -2.82. The molecule has 0 aromatic heterocycles. The Morgan fingerprint density at radius 2 is 1.69 bits per heavy atom. The molecule has 1 heterocycles. The van der Waals surface area contributed by atoms with Gasteiger partial charge in [0, 0.05) is 19.5 Å². The molecule has 1 aliphatic heterocycles. The summed E-state index contributed by atoms with van der Waals surface area (Å²) >= 11 is 0. The van der Waals surface area contributed by atoms with E-state index in [1.54, 1.807) is 4.90 Å². The molecular formula is C24H30N2O3. The van der Waals surface area contributed by atoms with Gasteiger partial charge in [-0.05, 0) is 48.1 Å². The second-order valence-corrected chi connectivity index (χ2v) is 8.76. The number of benzene rings is 2. The Labute approximate surface area is 173 Å². The maximum absolute atomic E-state index is 12.7. The van der Waals surface area contributed by atoms with Crippen LogP contribution in [0.4, 0.5) is 0 Å². The molecule has 1 saturated heterocycles. The van der Waals surface area contributed by atoms with Gasteiger partial charge in [-0.25, -0.2) is 0 Å². The molecule has 2 aromatic carbocycles. The molecule has 2 amide bonds. The van der Waals surface area contributed by atoms with E-state index in [0.29, 0.717) is 19.5 Å². The standard InChI is InChI=1S/C24H30N2O3/c1-24(2,3)16-22(27)26-15-7-10-21(26)23(28)25-17-18-11-13-20(14-12-18)29-19-8-5-4-6-9-19/h4-6,8-9,11-14,21H,7,10,15-17H2,1-3H3,(H,25,28). The predicted molar refractivity (Wildman–Crippen MR) is 114 cm³/mol. The van der Waals surface area contributed by atoms with Crippen LogP contribution >= 0.6 is 0 Å². The number of rotatable bonds is 6. The molecule has 3 rings (SSSR count). The third-order valence-electron chi connectivity index (χ3n) is 4.93. The number of hydrogen-bond donors (Lipinski definition) is 1. The van der Waals surface area contributed by atoms with Crippen molar-refractivity contribution < 1.29 is 14.3 Å². The molecule has 0 bridgehead atoms. The molecule has 1 aliphatic rings. The molecule has 1 unspecified atom stereocenters. The monoisotopic (exact) mass is 394 g/mol. The first-order valence-electron chi connectivity index (χ1n) is 10.2. The molecule has 1 N–H and O–H groups in total. The van der Waals surface area contributed by atoms with Crippen molar-refractivity contribution in [2.24, 2.45) is 5.41 Å². The second-order valence-electron chi connectivity index (χ2n) is 8.76. The van der Waals surface area contributed by atoms with Crippen molar-refractivity contribution >= 4 is 11.8 Å². The summed E-state index contributed by atoms with van der Waals surface area (Å²) in [6.07, 6.45) is 2.06. The van der Waals surface area contributed by atoms with Crippen LogP contribution in [0.25, 0.3) is 0 Å². The minimum Gasteiger partial charge on any atom is -0.457 e. The Morgan fingerprint density at radius 3 is 2.34 bits per heavy atom. The van der Waals surface area contributed by atoms with Crippen LogP contribution in [0.2, 0.25) is 0 Å². The van der Waals surface area contributed by atoms with E-state index in [9.17, 15) is 9.59 Å². The number of para-hydroxylation sites is 1. The van der Waals surface area contributed by atoms with Crippen LogP contribution in [0.5, 0.6) is 11.5 Å². The molecule has 0 aliphatic carbocycles. The Bertz CT molecular complexity index is 825. The van der Waals surface area contributed by atoms with Gasteiger partial charge in [-0.1, -0.05) is 51.1 Å². The van der Waals surface area contributed by atoms with E-state index in [1.807, 2.05) is 75.4 Å². The zero-order valence-corrected chi connectivity index (χ0v) is 17.5. The van der Waals surface area contributed by atoms with E-state index >= 15 is 0 Å². The molecule has 0 spiro atoms. The number of nitrogens with zero attached hydrogens (tertiary/aromatic N) is 1. The fourth-order valence-electron chi connectivity index (χ4n) is 3.50. The number of amides is 2. The van der Waals surface area contributed by atoms with E-state index in [1.165, 1.54) is 0 Å². The Balaban J connectivity index is 1.52. The summed E-state index contributed by atoms with van der Waals surface area (Å²) in [7, 11) is 0. The van der Waals surface area contributed by atoms with Gasteiger partial charge in [0.2, 0.25) is 11.8 Å². The first-order chi connectivity index (χ1) is 13.8. The number of carbonyl (C=O) groups excluding carboxylic acids is 2. The second kappa shape index (κ2) is 9.12. The van der Waals surface area contributed by atoms with Crippen molar-refractivity contribution in [1.82, 2.24) is 10.2 Å². The van der Waals surface area contributed by atoms with Gasteiger partial charge in [0.1, 0.15) is 17.5 Å². The highest BCUT2D eigenvalue weighted by atomic mass is 16.5. The summed E-state index contributed by atoms with van der Waals surface area (Å²) < 4.78 is 5.79. The van der Waals surface area contributed by atoms with Crippen LogP contribution in [0, 0.1) is 5.41 Å². The maximum Gasteiger partial charge on any atom is 0.243 e. The Morgan fingerprint density at radius 1 is 1.03 bits per heavy atom. The first-order valence-corrected chi connectivity index (χ1v) is 10.2. The summed E-state index contributed by atoms with van der Waals surface area (Å²) in [5.74, 6) is 1.53. The zero-order valence-electron chi connectivity index (χ0n) is 17.5. The molecular weight excluding hydrogens is 364 g/mol. The van der Waals surface area contributed by atoms with Gasteiger partial charge in [0.25, 0.3) is 0 Å². The summed E-state index contributed by atoms with van der Waals surface area (Å²) in [5, 5.41) is 2.98. The molecule has 154 valence electrons. The quantitative estimate of drug-likeness (QED) is 0.783. The van der Waals surface area contributed by atoms with Crippen LogP contribution in [-0.2, 0) is 16.1 Å². The van der Waals surface area contributed by atoms with Crippen molar-refractivity contribution in [3.63, 3.8) is 0 Å². The molecule has 29 heavy (non-hydrogen) atoms. The third kappa shape index (κ3) is 6.08. The van der Waals surface area contributed by atoms with Crippen molar-refractivity contribution in [3.8, 4) is 11.5 Å². The van der Waals surface area contributed by atoms with E-state index in [4.69, 9.17) is 4.74 Å². The number of ether oxygens (including phenoxy) is 1. The van der Waals surface area contributed by atoms with Crippen molar-refractivity contribution in [3.05, 3.63) is 60.2 Å². The lowest BCUT2D eigenvalue weighted by Gasteiger charge is -2.27. The van der Waals surface area contributed by atoms with E-state index < -0.39 is 0 Å². The van der Waals surface area contributed by atoms with E-state index in [2.05, 4.69) is 5.32 Å². The highest BCUT2D eigenvalue weighted by Crippen LogP contribution is 2.25. The zero-order chi connectivity index (χ0) is 20.9. The number of hydrogen-bond acceptors (Lipinski definition) is 3. The van der Waals surface area contributed by atoms with Gasteiger partial charge in [-0.2, -0.15) is 0 Å². The molecule has 0 radical (unpaired) electrons. The topological polar surface area (TPSA) is 58.6 Å². The molecule has 0 saturated carbocycles. The van der Waals surface area contributed by atoms with E-state index in [0.717, 1.165) is 29.9 Å². The van der Waals surface area contributed by atoms with Crippen molar-refractivity contribution in [1.29, 1.82) is 0 Å². The van der Waals surface area contributed by atoms with Gasteiger partial charge in [0.15, 0.2) is 0 Å².